The zero-order valence-electron chi connectivity index (χ0n) is 12.9. The number of pyridine rings is 1. The number of aromatic nitrogens is 1. The highest BCUT2D eigenvalue weighted by atomic mass is 35.5. The van der Waals surface area contributed by atoms with Crippen LogP contribution >= 0.6 is 11.6 Å². The number of carbonyl (C=O) groups excluding carboxylic acids is 1. The highest BCUT2D eigenvalue weighted by Crippen LogP contribution is 2.27. The molecule has 4 nitrogen and oxygen atoms in total. The average Bonchev–Trinajstić information content (AvgIpc) is 3.02. The molecule has 0 spiro atoms. The second-order valence-corrected chi connectivity index (χ2v) is 6.33. The van der Waals surface area contributed by atoms with Gasteiger partial charge in [-0.2, -0.15) is 0 Å². The van der Waals surface area contributed by atoms with Gasteiger partial charge in [0.1, 0.15) is 6.54 Å². The van der Waals surface area contributed by atoms with Gasteiger partial charge in [0.25, 0.3) is 0 Å². The van der Waals surface area contributed by atoms with E-state index in [4.69, 9.17) is 11.6 Å². The Labute approximate surface area is 143 Å². The van der Waals surface area contributed by atoms with Crippen LogP contribution in [0.3, 0.4) is 0 Å². The van der Waals surface area contributed by atoms with E-state index in [1.807, 2.05) is 23.1 Å². The molecule has 1 amide bonds. The number of amides is 1. The first-order valence-corrected chi connectivity index (χ1v) is 8.18. The largest absolute Gasteiger partial charge is 0.338 e. The highest BCUT2D eigenvalue weighted by Gasteiger charge is 2.24. The maximum absolute atomic E-state index is 12.8. The van der Waals surface area contributed by atoms with Crippen molar-refractivity contribution >= 4 is 34.1 Å². The van der Waals surface area contributed by atoms with Gasteiger partial charge in [-0.25, -0.2) is 0 Å². The van der Waals surface area contributed by atoms with Crippen molar-refractivity contribution in [1.82, 2.24) is 4.57 Å². The number of halogens is 1. The minimum absolute atomic E-state index is 0.0137. The molecule has 3 aromatic rings. The summed E-state index contributed by atoms with van der Waals surface area (Å²) < 4.78 is 1.80. The van der Waals surface area contributed by atoms with Crippen LogP contribution in [0.15, 0.2) is 59.5 Å². The predicted molar refractivity (Wildman–Crippen MR) is 95.7 cm³/mol. The van der Waals surface area contributed by atoms with Crippen LogP contribution in [0.1, 0.15) is 5.56 Å². The molecule has 120 valence electrons. The lowest BCUT2D eigenvalue weighted by Gasteiger charge is -2.19. The fourth-order valence-corrected chi connectivity index (χ4v) is 3.42. The smallest absolute Gasteiger partial charge is 0.246 e. The van der Waals surface area contributed by atoms with Gasteiger partial charge in [0, 0.05) is 34.9 Å². The number of hydrogen-bond acceptors (Lipinski definition) is 2. The Morgan fingerprint density at radius 2 is 1.96 bits per heavy atom. The summed E-state index contributed by atoms with van der Waals surface area (Å²) in [5, 5.41) is 1.04. The van der Waals surface area contributed by atoms with E-state index in [0.717, 1.165) is 12.1 Å². The van der Waals surface area contributed by atoms with E-state index in [1.54, 1.807) is 29.0 Å². The summed E-state index contributed by atoms with van der Waals surface area (Å²) in [6, 6.07) is 14.6. The first kappa shape index (κ1) is 15.0. The van der Waals surface area contributed by atoms with Gasteiger partial charge in [0.2, 0.25) is 5.91 Å². The Hall–Kier alpha value is -2.59. The molecule has 0 radical (unpaired) electrons. The molecule has 1 aliphatic rings. The van der Waals surface area contributed by atoms with Crippen molar-refractivity contribution in [1.29, 1.82) is 0 Å². The summed E-state index contributed by atoms with van der Waals surface area (Å²) in [5.41, 5.74) is 2.80. The fourth-order valence-electron chi connectivity index (χ4n) is 3.25. The highest BCUT2D eigenvalue weighted by molar-refractivity contribution is 6.31. The Morgan fingerprint density at radius 1 is 1.12 bits per heavy atom. The molecule has 0 unspecified atom stereocenters. The summed E-state index contributed by atoms with van der Waals surface area (Å²) in [6.07, 6.45) is 2.54. The number of carbonyl (C=O) groups is 1. The molecule has 0 fully saturated rings. The lowest BCUT2D eigenvalue weighted by atomic mass is 10.2. The molecule has 0 N–H and O–H groups in total. The van der Waals surface area contributed by atoms with Crippen LogP contribution in [-0.2, 0) is 17.8 Å². The van der Waals surface area contributed by atoms with Crippen molar-refractivity contribution in [3.63, 3.8) is 0 Å². The molecule has 24 heavy (non-hydrogen) atoms. The van der Waals surface area contributed by atoms with Crippen LogP contribution in [0.4, 0.5) is 5.69 Å². The minimum atomic E-state index is -0.0947. The van der Waals surface area contributed by atoms with Gasteiger partial charge in [0.05, 0.1) is 5.52 Å². The van der Waals surface area contributed by atoms with E-state index >= 15 is 0 Å². The van der Waals surface area contributed by atoms with Crippen molar-refractivity contribution in [2.45, 2.75) is 13.0 Å². The molecule has 0 aliphatic carbocycles. The lowest BCUT2D eigenvalue weighted by molar-refractivity contribution is -0.119. The van der Waals surface area contributed by atoms with E-state index in [9.17, 15) is 9.59 Å². The molecule has 1 aliphatic heterocycles. The molecule has 4 rings (SSSR count). The van der Waals surface area contributed by atoms with E-state index in [1.165, 1.54) is 11.6 Å². The summed E-state index contributed by atoms with van der Waals surface area (Å²) in [5.74, 6) is 0.0137. The van der Waals surface area contributed by atoms with Gasteiger partial charge in [-0.05, 0) is 36.2 Å². The van der Waals surface area contributed by atoms with Gasteiger partial charge < -0.3 is 9.47 Å². The molecular formula is C19H15ClN2O2. The number of rotatable bonds is 2. The van der Waals surface area contributed by atoms with Crippen molar-refractivity contribution in [3.8, 4) is 0 Å². The summed E-state index contributed by atoms with van der Waals surface area (Å²) in [4.78, 5) is 26.6. The summed E-state index contributed by atoms with van der Waals surface area (Å²) in [7, 11) is 0. The maximum atomic E-state index is 12.8. The second-order valence-electron chi connectivity index (χ2n) is 5.89. The molecule has 2 aromatic carbocycles. The van der Waals surface area contributed by atoms with Crippen LogP contribution in [-0.4, -0.2) is 17.0 Å². The standard InChI is InChI=1S/C19H15ClN2O2/c20-14-5-6-17-15(11-14)18(23)8-9-21(17)12-19(24)22-10-7-13-3-1-2-4-16(13)22/h1-6,8-9,11H,7,10,12H2. The zero-order valence-corrected chi connectivity index (χ0v) is 13.7. The number of nitrogens with zero attached hydrogens (tertiary/aromatic N) is 2. The van der Waals surface area contributed by atoms with Gasteiger partial charge in [-0.15, -0.1) is 0 Å². The molecule has 1 aromatic heterocycles. The van der Waals surface area contributed by atoms with Gasteiger partial charge in [-0.3, -0.25) is 9.59 Å². The number of para-hydroxylation sites is 1. The number of hydrogen-bond donors (Lipinski definition) is 0. The van der Waals surface area contributed by atoms with Crippen molar-refractivity contribution in [3.05, 3.63) is 75.5 Å². The Balaban J connectivity index is 1.69. The SMILES string of the molecule is O=C(Cn1ccc(=O)c2cc(Cl)ccc21)N1CCc2ccccc21. The topological polar surface area (TPSA) is 42.3 Å². The predicted octanol–water partition coefficient (Wildman–Crippen LogP) is 3.24. The van der Waals surface area contributed by atoms with Gasteiger partial charge >= 0.3 is 0 Å². The van der Waals surface area contributed by atoms with Gasteiger partial charge in [0.15, 0.2) is 5.43 Å². The number of benzene rings is 2. The molecular weight excluding hydrogens is 324 g/mol. The molecule has 5 heteroatoms. The van der Waals surface area contributed by atoms with Crippen LogP contribution < -0.4 is 10.3 Å². The molecule has 2 heterocycles. The Bertz CT molecular complexity index is 1010. The van der Waals surface area contributed by atoms with E-state index < -0.39 is 0 Å². The minimum Gasteiger partial charge on any atom is -0.338 e. The third-order valence-corrected chi connectivity index (χ3v) is 4.67. The molecule has 0 saturated carbocycles. The monoisotopic (exact) mass is 338 g/mol. The third-order valence-electron chi connectivity index (χ3n) is 4.43. The van der Waals surface area contributed by atoms with Crippen molar-refractivity contribution in [2.24, 2.45) is 0 Å². The fraction of sp³-hybridized carbons (Fsp3) is 0.158. The molecule has 0 atom stereocenters. The second kappa shape index (κ2) is 5.80. The first-order chi connectivity index (χ1) is 11.6. The van der Waals surface area contributed by atoms with Crippen LogP contribution in [0, 0.1) is 0 Å². The summed E-state index contributed by atoms with van der Waals surface area (Å²) >= 11 is 5.99. The lowest BCUT2D eigenvalue weighted by Crippen LogP contribution is -2.32. The van der Waals surface area contributed by atoms with Crippen LogP contribution in [0.25, 0.3) is 10.9 Å². The van der Waals surface area contributed by atoms with Crippen LogP contribution in [0.5, 0.6) is 0 Å². The van der Waals surface area contributed by atoms with Gasteiger partial charge in [-0.1, -0.05) is 29.8 Å². The van der Waals surface area contributed by atoms with E-state index in [0.29, 0.717) is 22.5 Å². The molecule has 0 bridgehead atoms. The van der Waals surface area contributed by atoms with Crippen LogP contribution in [0.2, 0.25) is 5.02 Å². The quantitative estimate of drug-likeness (QED) is 0.720. The van der Waals surface area contributed by atoms with E-state index in [-0.39, 0.29) is 17.9 Å². The third kappa shape index (κ3) is 2.49. The zero-order chi connectivity index (χ0) is 16.7. The average molecular weight is 339 g/mol. The van der Waals surface area contributed by atoms with Crippen molar-refractivity contribution in [2.75, 3.05) is 11.4 Å². The Morgan fingerprint density at radius 3 is 2.83 bits per heavy atom. The maximum Gasteiger partial charge on any atom is 0.246 e. The van der Waals surface area contributed by atoms with E-state index in [2.05, 4.69) is 6.07 Å². The number of anilines is 1. The van der Waals surface area contributed by atoms with Crippen molar-refractivity contribution < 1.29 is 4.79 Å². The first-order valence-electron chi connectivity index (χ1n) is 7.80. The molecule has 0 saturated heterocycles. The number of fused-ring (bicyclic) bond motifs is 2. The Kier molecular flexibility index (Phi) is 3.62. The normalized spacial score (nSPS) is 13.3. The summed E-state index contributed by atoms with van der Waals surface area (Å²) in [6.45, 7) is 0.884.